The van der Waals surface area contributed by atoms with Crippen LogP contribution in [0.1, 0.15) is 36.3 Å². The number of thioether (sulfide) groups is 1. The van der Waals surface area contributed by atoms with Gasteiger partial charge < -0.3 is 13.9 Å². The van der Waals surface area contributed by atoms with Gasteiger partial charge in [0, 0.05) is 11.9 Å². The molecule has 0 aliphatic carbocycles. The van der Waals surface area contributed by atoms with Crippen molar-refractivity contribution in [1.82, 2.24) is 4.40 Å². The first-order valence-electron chi connectivity index (χ1n) is 7.62. The maximum Gasteiger partial charge on any atom is 0.341 e. The van der Waals surface area contributed by atoms with Crippen LogP contribution >= 0.6 is 11.8 Å². The van der Waals surface area contributed by atoms with Crippen molar-refractivity contribution in [2.75, 3.05) is 19.0 Å². The van der Waals surface area contributed by atoms with Crippen LogP contribution < -0.4 is 0 Å². The van der Waals surface area contributed by atoms with Crippen molar-refractivity contribution in [2.24, 2.45) is 0 Å². The molecule has 0 spiro atoms. The highest BCUT2D eigenvalue weighted by Crippen LogP contribution is 2.33. The second-order valence-electron chi connectivity index (χ2n) is 4.74. The second-order valence-corrected chi connectivity index (χ2v) is 5.85. The summed E-state index contributed by atoms with van der Waals surface area (Å²) in [6.45, 7) is 4.06. The van der Waals surface area contributed by atoms with Crippen LogP contribution in [0.15, 0.2) is 29.3 Å². The highest BCUT2D eigenvalue weighted by Gasteiger charge is 2.24. The summed E-state index contributed by atoms with van der Waals surface area (Å²) in [6.07, 6.45) is 1.93. The summed E-state index contributed by atoms with van der Waals surface area (Å²) in [7, 11) is 0. The normalized spacial score (nSPS) is 10.4. The quantitative estimate of drug-likeness (QED) is 0.566. The standard InChI is InChI=1S/C17H18N2O4S/c1-3-22-14(20)8-10-24-16-13(11-18)19-9-6-5-7-12(19)15(16)17(21)23-4-2/h5-7,9H,3-4,8,10H2,1-2H3. The van der Waals surface area contributed by atoms with E-state index in [0.717, 1.165) is 0 Å². The Kier molecular flexibility index (Phi) is 6.27. The molecule has 0 unspecified atom stereocenters. The molecule has 6 nitrogen and oxygen atoms in total. The molecule has 0 fully saturated rings. The monoisotopic (exact) mass is 346 g/mol. The van der Waals surface area contributed by atoms with Gasteiger partial charge in [-0.25, -0.2) is 4.79 Å². The number of hydrogen-bond acceptors (Lipinski definition) is 6. The van der Waals surface area contributed by atoms with Gasteiger partial charge in [0.15, 0.2) is 0 Å². The number of nitrogens with zero attached hydrogens (tertiary/aromatic N) is 2. The van der Waals surface area contributed by atoms with Crippen LogP contribution in [-0.2, 0) is 14.3 Å². The molecule has 126 valence electrons. The molecule has 0 aliphatic heterocycles. The average Bonchev–Trinajstić information content (AvgIpc) is 2.88. The average molecular weight is 346 g/mol. The van der Waals surface area contributed by atoms with Crippen molar-refractivity contribution in [3.8, 4) is 6.07 Å². The first-order valence-corrected chi connectivity index (χ1v) is 8.61. The largest absolute Gasteiger partial charge is 0.466 e. The molecule has 0 aromatic carbocycles. The van der Waals surface area contributed by atoms with Crippen molar-refractivity contribution in [3.63, 3.8) is 0 Å². The molecule has 24 heavy (non-hydrogen) atoms. The third-order valence-electron chi connectivity index (χ3n) is 3.24. The third-order valence-corrected chi connectivity index (χ3v) is 4.34. The SMILES string of the molecule is CCOC(=O)CCSc1c(C(=O)OCC)c2ccccn2c1C#N. The van der Waals surface area contributed by atoms with Crippen molar-refractivity contribution >= 4 is 29.2 Å². The minimum Gasteiger partial charge on any atom is -0.466 e. The van der Waals surface area contributed by atoms with Gasteiger partial charge in [0.25, 0.3) is 0 Å². The Morgan fingerprint density at radius 1 is 1.25 bits per heavy atom. The number of nitriles is 1. The zero-order chi connectivity index (χ0) is 17.5. The van der Waals surface area contributed by atoms with E-state index in [1.807, 2.05) is 0 Å². The van der Waals surface area contributed by atoms with Crippen LogP contribution in [0.3, 0.4) is 0 Å². The fourth-order valence-corrected chi connectivity index (χ4v) is 3.39. The Labute approximate surface area is 144 Å². The van der Waals surface area contributed by atoms with Gasteiger partial charge in [-0.2, -0.15) is 5.26 Å². The van der Waals surface area contributed by atoms with E-state index in [1.54, 1.807) is 42.6 Å². The molecule has 0 atom stereocenters. The lowest BCUT2D eigenvalue weighted by atomic mass is 10.2. The van der Waals surface area contributed by atoms with E-state index in [1.165, 1.54) is 11.8 Å². The number of ether oxygens (including phenoxy) is 2. The van der Waals surface area contributed by atoms with Crippen LogP contribution in [0.25, 0.3) is 5.52 Å². The zero-order valence-electron chi connectivity index (χ0n) is 13.6. The Hall–Kier alpha value is -2.46. The fraction of sp³-hybridized carbons (Fsp3) is 0.353. The molecular weight excluding hydrogens is 328 g/mol. The summed E-state index contributed by atoms with van der Waals surface area (Å²) in [4.78, 5) is 24.4. The summed E-state index contributed by atoms with van der Waals surface area (Å²) in [5, 5.41) is 9.51. The Morgan fingerprint density at radius 2 is 2.00 bits per heavy atom. The third kappa shape index (κ3) is 3.71. The second kappa shape index (κ2) is 8.41. The molecule has 0 saturated heterocycles. The number of carbonyl (C=O) groups is 2. The summed E-state index contributed by atoms with van der Waals surface area (Å²) < 4.78 is 11.7. The van der Waals surface area contributed by atoms with Gasteiger partial charge in [-0.1, -0.05) is 6.07 Å². The van der Waals surface area contributed by atoms with E-state index < -0.39 is 5.97 Å². The van der Waals surface area contributed by atoms with Gasteiger partial charge in [0.1, 0.15) is 17.3 Å². The molecule has 0 aliphatic rings. The van der Waals surface area contributed by atoms with E-state index in [4.69, 9.17) is 9.47 Å². The Bertz CT molecular complexity index is 792. The smallest absolute Gasteiger partial charge is 0.341 e. The first-order chi connectivity index (χ1) is 11.6. The van der Waals surface area contributed by atoms with Crippen LogP contribution in [-0.4, -0.2) is 35.3 Å². The molecule has 0 N–H and O–H groups in total. The number of esters is 2. The molecule has 7 heteroatoms. The number of aromatic nitrogens is 1. The molecule has 2 aromatic heterocycles. The number of carbonyl (C=O) groups excluding carboxylic acids is 2. The molecule has 0 amide bonds. The number of pyridine rings is 1. The molecule has 0 saturated carbocycles. The summed E-state index contributed by atoms with van der Waals surface area (Å²) in [5.74, 6) is -0.358. The van der Waals surface area contributed by atoms with Gasteiger partial charge in [-0.05, 0) is 26.0 Å². The molecule has 0 bridgehead atoms. The number of rotatable bonds is 7. The number of fused-ring (bicyclic) bond motifs is 1. The maximum atomic E-state index is 12.4. The minimum absolute atomic E-state index is 0.206. The first kappa shape index (κ1) is 17.9. The van der Waals surface area contributed by atoms with E-state index in [2.05, 4.69) is 6.07 Å². The molecular formula is C17H18N2O4S. The van der Waals surface area contributed by atoms with Crippen molar-refractivity contribution < 1.29 is 19.1 Å². The highest BCUT2D eigenvalue weighted by atomic mass is 32.2. The lowest BCUT2D eigenvalue weighted by molar-refractivity contribution is -0.142. The van der Waals surface area contributed by atoms with Gasteiger partial charge in [0.2, 0.25) is 0 Å². The maximum absolute atomic E-state index is 12.4. The lowest BCUT2D eigenvalue weighted by Crippen LogP contribution is -2.07. The van der Waals surface area contributed by atoms with Crippen LogP contribution in [0.2, 0.25) is 0 Å². The van der Waals surface area contributed by atoms with E-state index in [-0.39, 0.29) is 19.0 Å². The van der Waals surface area contributed by atoms with Crippen molar-refractivity contribution in [1.29, 1.82) is 5.26 Å². The van der Waals surface area contributed by atoms with Crippen LogP contribution in [0, 0.1) is 11.3 Å². The predicted molar refractivity (Wildman–Crippen MR) is 90.0 cm³/mol. The van der Waals surface area contributed by atoms with Gasteiger partial charge in [-0.15, -0.1) is 11.8 Å². The van der Waals surface area contributed by atoms with Gasteiger partial charge in [0.05, 0.1) is 30.0 Å². The Morgan fingerprint density at radius 3 is 2.67 bits per heavy atom. The molecule has 2 heterocycles. The van der Waals surface area contributed by atoms with E-state index in [9.17, 15) is 14.9 Å². The van der Waals surface area contributed by atoms with E-state index in [0.29, 0.717) is 34.0 Å². The zero-order valence-corrected chi connectivity index (χ0v) is 14.4. The predicted octanol–water partition coefficient (Wildman–Crippen LogP) is 3.03. The lowest BCUT2D eigenvalue weighted by Gasteiger charge is -2.05. The fourth-order valence-electron chi connectivity index (χ4n) is 2.30. The molecule has 0 radical (unpaired) electrons. The summed E-state index contributed by atoms with van der Waals surface area (Å²) >= 11 is 1.29. The van der Waals surface area contributed by atoms with Crippen LogP contribution in [0.5, 0.6) is 0 Å². The topological polar surface area (TPSA) is 80.8 Å². The van der Waals surface area contributed by atoms with Crippen molar-refractivity contribution in [3.05, 3.63) is 35.7 Å². The van der Waals surface area contributed by atoms with E-state index >= 15 is 0 Å². The van der Waals surface area contributed by atoms with Crippen molar-refractivity contribution in [2.45, 2.75) is 25.2 Å². The van der Waals surface area contributed by atoms with Gasteiger partial charge >= 0.3 is 11.9 Å². The number of hydrogen-bond donors (Lipinski definition) is 0. The summed E-state index contributed by atoms with van der Waals surface area (Å²) in [6, 6.07) is 7.49. The minimum atomic E-state index is -0.471. The highest BCUT2D eigenvalue weighted by molar-refractivity contribution is 7.99. The molecule has 2 aromatic rings. The Balaban J connectivity index is 2.39. The van der Waals surface area contributed by atoms with Crippen LogP contribution in [0.4, 0.5) is 0 Å². The summed E-state index contributed by atoms with van der Waals surface area (Å²) in [5.41, 5.74) is 1.34. The van der Waals surface area contributed by atoms with Gasteiger partial charge in [-0.3, -0.25) is 4.79 Å². The molecule has 2 rings (SSSR count).